The minimum Gasteiger partial charge on any atom is -0.478 e. The zero-order valence-electron chi connectivity index (χ0n) is 15.2. The fraction of sp³-hybridized carbons (Fsp3) is 0.450. The number of carboxylic acids is 1. The van der Waals surface area contributed by atoms with E-state index in [2.05, 4.69) is 10.3 Å². The predicted molar refractivity (Wildman–Crippen MR) is 98.5 cm³/mol. The van der Waals surface area contributed by atoms with Crippen LogP contribution in [0.5, 0.6) is 0 Å². The van der Waals surface area contributed by atoms with E-state index >= 15 is 0 Å². The molecule has 0 bridgehead atoms. The molecule has 1 saturated heterocycles. The third kappa shape index (κ3) is 3.28. The summed E-state index contributed by atoms with van der Waals surface area (Å²) < 4.78 is 11.5. The summed E-state index contributed by atoms with van der Waals surface area (Å²) in [5.74, 6) is -1.71. The van der Waals surface area contributed by atoms with Crippen molar-refractivity contribution in [3.8, 4) is 0 Å². The molecule has 7 heteroatoms. The second-order valence-electron chi connectivity index (χ2n) is 7.53. The number of hydrogen-bond donors (Lipinski definition) is 2. The highest BCUT2D eigenvalue weighted by Gasteiger charge is 2.47. The number of anilines is 1. The normalized spacial score (nSPS) is 20.6. The molecule has 0 unspecified atom stereocenters. The average molecular weight is 370 g/mol. The molecule has 1 saturated carbocycles. The third-order valence-corrected chi connectivity index (χ3v) is 5.68. The lowest BCUT2D eigenvalue weighted by Crippen LogP contribution is -2.44. The maximum absolute atomic E-state index is 13.0. The SMILES string of the molecule is CC1(C(=O)Nc2cc(C(=O)O)cc3cccnc23)CCC2(CC1)OCCO2. The van der Waals surface area contributed by atoms with Gasteiger partial charge in [-0.3, -0.25) is 9.78 Å². The van der Waals surface area contributed by atoms with Crippen molar-refractivity contribution in [2.24, 2.45) is 5.41 Å². The molecule has 2 aromatic rings. The Kier molecular flexibility index (Phi) is 4.36. The van der Waals surface area contributed by atoms with E-state index in [-0.39, 0.29) is 11.5 Å². The molecule has 1 spiro atoms. The van der Waals surface area contributed by atoms with Crippen LogP contribution in [0, 0.1) is 5.41 Å². The number of nitrogens with one attached hydrogen (secondary N) is 1. The van der Waals surface area contributed by atoms with Crippen molar-refractivity contribution in [2.45, 2.75) is 38.4 Å². The number of ether oxygens (including phenoxy) is 2. The number of aromatic carboxylic acids is 1. The molecule has 2 N–H and O–H groups in total. The molecule has 27 heavy (non-hydrogen) atoms. The first-order valence-electron chi connectivity index (χ1n) is 9.12. The zero-order valence-corrected chi connectivity index (χ0v) is 15.2. The highest BCUT2D eigenvalue weighted by Crippen LogP contribution is 2.45. The molecule has 2 aliphatic rings. The Morgan fingerprint density at radius 1 is 1.15 bits per heavy atom. The molecule has 4 rings (SSSR count). The van der Waals surface area contributed by atoms with Crippen molar-refractivity contribution in [1.29, 1.82) is 0 Å². The Bertz CT molecular complexity index is 894. The van der Waals surface area contributed by atoms with E-state index in [4.69, 9.17) is 9.47 Å². The van der Waals surface area contributed by atoms with Gasteiger partial charge in [0, 0.05) is 29.8 Å². The largest absolute Gasteiger partial charge is 0.478 e. The van der Waals surface area contributed by atoms with Crippen LogP contribution in [-0.2, 0) is 14.3 Å². The van der Waals surface area contributed by atoms with Gasteiger partial charge in [0.25, 0.3) is 0 Å². The maximum atomic E-state index is 13.0. The van der Waals surface area contributed by atoms with Gasteiger partial charge < -0.3 is 19.9 Å². The average Bonchev–Trinajstić information content (AvgIpc) is 3.13. The van der Waals surface area contributed by atoms with Crippen LogP contribution in [0.15, 0.2) is 30.5 Å². The Balaban J connectivity index is 1.58. The van der Waals surface area contributed by atoms with Gasteiger partial charge in [-0.25, -0.2) is 4.79 Å². The Labute approximate surface area is 156 Å². The number of pyridine rings is 1. The molecular weight excluding hydrogens is 348 g/mol. The van der Waals surface area contributed by atoms with Gasteiger partial charge in [0.2, 0.25) is 5.91 Å². The van der Waals surface area contributed by atoms with Crippen molar-refractivity contribution in [3.63, 3.8) is 0 Å². The molecule has 0 atom stereocenters. The third-order valence-electron chi connectivity index (χ3n) is 5.68. The zero-order chi connectivity index (χ0) is 19.1. The number of carbonyl (C=O) groups is 2. The van der Waals surface area contributed by atoms with Gasteiger partial charge >= 0.3 is 5.97 Å². The van der Waals surface area contributed by atoms with Gasteiger partial charge in [0.1, 0.15) is 0 Å². The van der Waals surface area contributed by atoms with Crippen LogP contribution < -0.4 is 5.32 Å². The number of carbonyl (C=O) groups excluding carboxylic acids is 1. The lowest BCUT2D eigenvalue weighted by molar-refractivity contribution is -0.190. The van der Waals surface area contributed by atoms with Crippen LogP contribution in [0.4, 0.5) is 5.69 Å². The van der Waals surface area contributed by atoms with Gasteiger partial charge in [-0.15, -0.1) is 0 Å². The number of aromatic nitrogens is 1. The van der Waals surface area contributed by atoms with Crippen molar-refractivity contribution < 1.29 is 24.2 Å². The van der Waals surface area contributed by atoms with E-state index in [1.54, 1.807) is 24.4 Å². The highest BCUT2D eigenvalue weighted by atomic mass is 16.7. The van der Waals surface area contributed by atoms with E-state index in [0.717, 1.165) is 0 Å². The monoisotopic (exact) mass is 370 g/mol. The van der Waals surface area contributed by atoms with Crippen molar-refractivity contribution >= 4 is 28.5 Å². The number of carboxylic acid groups (broad SMARTS) is 1. The summed E-state index contributed by atoms with van der Waals surface area (Å²) in [6.45, 7) is 3.13. The number of fused-ring (bicyclic) bond motifs is 1. The first-order valence-corrected chi connectivity index (χ1v) is 9.12. The second kappa shape index (κ2) is 6.58. The van der Waals surface area contributed by atoms with Crippen molar-refractivity contribution in [3.05, 3.63) is 36.0 Å². The highest BCUT2D eigenvalue weighted by molar-refractivity contribution is 6.05. The molecule has 1 aromatic carbocycles. The van der Waals surface area contributed by atoms with E-state index in [0.29, 0.717) is 55.5 Å². The Morgan fingerprint density at radius 2 is 1.85 bits per heavy atom. The molecule has 0 radical (unpaired) electrons. The molecule has 1 aliphatic carbocycles. The van der Waals surface area contributed by atoms with Crippen LogP contribution in [0.1, 0.15) is 43.0 Å². The molecule has 1 aliphatic heterocycles. The van der Waals surface area contributed by atoms with E-state index in [9.17, 15) is 14.7 Å². The summed E-state index contributed by atoms with van der Waals surface area (Å²) in [5.41, 5.74) is 0.548. The van der Waals surface area contributed by atoms with Gasteiger partial charge in [-0.05, 0) is 31.0 Å². The minimum absolute atomic E-state index is 0.117. The van der Waals surface area contributed by atoms with Crippen molar-refractivity contribution in [1.82, 2.24) is 4.98 Å². The van der Waals surface area contributed by atoms with Gasteiger partial charge in [0.05, 0.1) is 30.0 Å². The smallest absolute Gasteiger partial charge is 0.335 e. The Morgan fingerprint density at radius 3 is 2.52 bits per heavy atom. The van der Waals surface area contributed by atoms with E-state index < -0.39 is 17.2 Å². The summed E-state index contributed by atoms with van der Waals surface area (Å²) in [4.78, 5) is 28.8. The number of amides is 1. The fourth-order valence-electron chi connectivity index (χ4n) is 3.88. The first-order chi connectivity index (χ1) is 12.9. The van der Waals surface area contributed by atoms with Gasteiger partial charge in [-0.2, -0.15) is 0 Å². The van der Waals surface area contributed by atoms with Crippen molar-refractivity contribution in [2.75, 3.05) is 18.5 Å². The lowest BCUT2D eigenvalue weighted by atomic mass is 9.72. The lowest BCUT2D eigenvalue weighted by Gasteiger charge is -2.40. The summed E-state index contributed by atoms with van der Waals surface area (Å²) >= 11 is 0. The maximum Gasteiger partial charge on any atom is 0.335 e. The molecule has 142 valence electrons. The van der Waals surface area contributed by atoms with Crippen LogP contribution in [-0.4, -0.2) is 41.0 Å². The quantitative estimate of drug-likeness (QED) is 0.861. The summed E-state index contributed by atoms with van der Waals surface area (Å²) in [7, 11) is 0. The van der Waals surface area contributed by atoms with Gasteiger partial charge in [-0.1, -0.05) is 13.0 Å². The van der Waals surface area contributed by atoms with Crippen LogP contribution in [0.3, 0.4) is 0 Å². The summed E-state index contributed by atoms with van der Waals surface area (Å²) in [5, 5.41) is 13.0. The van der Waals surface area contributed by atoms with E-state index in [1.165, 1.54) is 6.07 Å². The summed E-state index contributed by atoms with van der Waals surface area (Å²) in [6, 6.07) is 6.54. The number of hydrogen-bond acceptors (Lipinski definition) is 5. The first kappa shape index (κ1) is 17.9. The van der Waals surface area contributed by atoms with Crippen LogP contribution >= 0.6 is 0 Å². The molecule has 7 nitrogen and oxygen atoms in total. The molecule has 1 aromatic heterocycles. The molecule has 1 amide bonds. The molecule has 2 heterocycles. The Hall–Kier alpha value is -2.51. The standard InChI is InChI=1S/C20H22N2O5/c1-19(4-6-20(7-5-19)26-9-10-27-20)18(25)22-15-12-14(17(23)24)11-13-3-2-8-21-16(13)15/h2-3,8,11-12H,4-7,9-10H2,1H3,(H,22,25)(H,23,24). The molecule has 2 fully saturated rings. The van der Waals surface area contributed by atoms with Gasteiger partial charge in [0.15, 0.2) is 5.79 Å². The predicted octanol–water partition coefficient (Wildman–Crippen LogP) is 3.19. The number of nitrogens with zero attached hydrogens (tertiary/aromatic N) is 1. The van der Waals surface area contributed by atoms with Crippen LogP contribution in [0.25, 0.3) is 10.9 Å². The minimum atomic E-state index is -1.04. The summed E-state index contributed by atoms with van der Waals surface area (Å²) in [6.07, 6.45) is 4.25. The molecular formula is C20H22N2O5. The fourth-order valence-corrected chi connectivity index (χ4v) is 3.88. The number of benzene rings is 1. The number of rotatable bonds is 3. The van der Waals surface area contributed by atoms with Crippen LogP contribution in [0.2, 0.25) is 0 Å². The second-order valence-corrected chi connectivity index (χ2v) is 7.53. The van der Waals surface area contributed by atoms with E-state index in [1.807, 2.05) is 6.92 Å². The topological polar surface area (TPSA) is 97.8 Å².